The molecule has 0 fully saturated rings. The molecule has 0 spiro atoms. The number of nitrogens with zero attached hydrogens (tertiary/aromatic N) is 1. The summed E-state index contributed by atoms with van der Waals surface area (Å²) < 4.78 is 0.952. The molecule has 1 aromatic heterocycles. The molecular formula is C15H15BrN2O. The summed E-state index contributed by atoms with van der Waals surface area (Å²) in [7, 11) is 0. The lowest BCUT2D eigenvalue weighted by atomic mass is 9.99. The van der Waals surface area contributed by atoms with E-state index in [1.54, 1.807) is 18.3 Å². The standard InChI is InChI=1S/C15H15BrN2O/c1-15(2,13-5-3-4-10-17-13)18-14(19)11-6-8-12(16)9-7-11/h3-10H,1-2H3,(H,18,19). The third-order valence-electron chi connectivity index (χ3n) is 2.84. The number of pyridine rings is 1. The first-order valence-electron chi connectivity index (χ1n) is 5.98. The number of carbonyl (C=O) groups excluding carboxylic acids is 1. The highest BCUT2D eigenvalue weighted by atomic mass is 79.9. The van der Waals surface area contributed by atoms with E-state index in [0.29, 0.717) is 5.56 Å². The zero-order valence-electron chi connectivity index (χ0n) is 10.9. The summed E-state index contributed by atoms with van der Waals surface area (Å²) in [6.07, 6.45) is 1.73. The minimum Gasteiger partial charge on any atom is -0.342 e. The van der Waals surface area contributed by atoms with Gasteiger partial charge in [0.15, 0.2) is 0 Å². The number of nitrogens with one attached hydrogen (secondary N) is 1. The predicted octanol–water partition coefficient (Wildman–Crippen LogP) is 3.51. The summed E-state index contributed by atoms with van der Waals surface area (Å²) in [4.78, 5) is 16.5. The van der Waals surface area contributed by atoms with Gasteiger partial charge in [-0.15, -0.1) is 0 Å². The lowest BCUT2D eigenvalue weighted by Gasteiger charge is -2.25. The van der Waals surface area contributed by atoms with Gasteiger partial charge in [-0.1, -0.05) is 22.0 Å². The Kier molecular flexibility index (Phi) is 4.00. The van der Waals surface area contributed by atoms with Crippen molar-refractivity contribution in [3.8, 4) is 0 Å². The summed E-state index contributed by atoms with van der Waals surface area (Å²) in [6, 6.07) is 12.9. The molecule has 0 saturated heterocycles. The Bertz CT molecular complexity index is 564. The molecule has 1 heterocycles. The Hall–Kier alpha value is -1.68. The maximum atomic E-state index is 12.2. The summed E-state index contributed by atoms with van der Waals surface area (Å²) in [5, 5.41) is 2.99. The van der Waals surface area contributed by atoms with E-state index < -0.39 is 5.54 Å². The summed E-state index contributed by atoms with van der Waals surface area (Å²) in [5.74, 6) is -0.108. The van der Waals surface area contributed by atoms with Gasteiger partial charge in [0.05, 0.1) is 11.2 Å². The fourth-order valence-electron chi connectivity index (χ4n) is 1.75. The summed E-state index contributed by atoms with van der Waals surface area (Å²) in [5.41, 5.74) is 0.957. The van der Waals surface area contributed by atoms with E-state index in [2.05, 4.69) is 26.2 Å². The minimum atomic E-state index is -0.509. The van der Waals surface area contributed by atoms with E-state index in [9.17, 15) is 4.79 Å². The molecule has 4 heteroatoms. The van der Waals surface area contributed by atoms with Crippen LogP contribution in [0, 0.1) is 0 Å². The van der Waals surface area contributed by atoms with Crippen LogP contribution in [0.2, 0.25) is 0 Å². The molecule has 0 bridgehead atoms. The van der Waals surface area contributed by atoms with E-state index in [4.69, 9.17) is 0 Å². The Labute approximate surface area is 121 Å². The fraction of sp³-hybridized carbons (Fsp3) is 0.200. The van der Waals surface area contributed by atoms with E-state index >= 15 is 0 Å². The molecule has 2 aromatic rings. The van der Waals surface area contributed by atoms with Gasteiger partial charge >= 0.3 is 0 Å². The van der Waals surface area contributed by atoms with Gasteiger partial charge in [-0.05, 0) is 50.2 Å². The molecule has 0 unspecified atom stereocenters. The number of halogens is 1. The van der Waals surface area contributed by atoms with Gasteiger partial charge in [-0.3, -0.25) is 9.78 Å². The molecule has 98 valence electrons. The molecule has 19 heavy (non-hydrogen) atoms. The first kappa shape index (κ1) is 13.7. The maximum absolute atomic E-state index is 12.2. The SMILES string of the molecule is CC(C)(NC(=O)c1ccc(Br)cc1)c1ccccn1. The highest BCUT2D eigenvalue weighted by Crippen LogP contribution is 2.18. The second-order valence-corrected chi connectivity index (χ2v) is 5.72. The highest BCUT2D eigenvalue weighted by Gasteiger charge is 2.24. The van der Waals surface area contributed by atoms with Crippen molar-refractivity contribution >= 4 is 21.8 Å². The first-order chi connectivity index (χ1) is 8.99. The second kappa shape index (κ2) is 5.53. The van der Waals surface area contributed by atoms with Crippen molar-refractivity contribution in [1.82, 2.24) is 10.3 Å². The maximum Gasteiger partial charge on any atom is 0.252 e. The largest absolute Gasteiger partial charge is 0.342 e. The molecule has 2 rings (SSSR count). The Morgan fingerprint density at radius 2 is 1.84 bits per heavy atom. The molecule has 0 aliphatic rings. The van der Waals surface area contributed by atoms with Crippen LogP contribution in [0.4, 0.5) is 0 Å². The van der Waals surface area contributed by atoms with Crippen molar-refractivity contribution < 1.29 is 4.79 Å². The van der Waals surface area contributed by atoms with Crippen molar-refractivity contribution in [1.29, 1.82) is 0 Å². The van der Waals surface area contributed by atoms with Gasteiger partial charge in [-0.25, -0.2) is 0 Å². The van der Waals surface area contributed by atoms with E-state index in [-0.39, 0.29) is 5.91 Å². The predicted molar refractivity (Wildman–Crippen MR) is 78.9 cm³/mol. The number of carbonyl (C=O) groups is 1. The number of amides is 1. The third kappa shape index (κ3) is 3.41. The van der Waals surface area contributed by atoms with Crippen LogP contribution in [0.15, 0.2) is 53.1 Å². The quantitative estimate of drug-likeness (QED) is 0.941. The van der Waals surface area contributed by atoms with Gasteiger partial charge in [-0.2, -0.15) is 0 Å². The lowest BCUT2D eigenvalue weighted by Crippen LogP contribution is -2.41. The van der Waals surface area contributed by atoms with Crippen LogP contribution in [0.1, 0.15) is 29.9 Å². The first-order valence-corrected chi connectivity index (χ1v) is 6.78. The number of benzene rings is 1. The number of rotatable bonds is 3. The van der Waals surface area contributed by atoms with Crippen LogP contribution in [-0.2, 0) is 5.54 Å². The van der Waals surface area contributed by atoms with Crippen LogP contribution < -0.4 is 5.32 Å². The lowest BCUT2D eigenvalue weighted by molar-refractivity contribution is 0.0910. The smallest absolute Gasteiger partial charge is 0.252 e. The zero-order valence-corrected chi connectivity index (χ0v) is 12.4. The van der Waals surface area contributed by atoms with Gasteiger partial charge in [0, 0.05) is 16.2 Å². The van der Waals surface area contributed by atoms with Gasteiger partial charge in [0.25, 0.3) is 5.91 Å². The van der Waals surface area contributed by atoms with Crippen LogP contribution in [0.5, 0.6) is 0 Å². The fourth-order valence-corrected chi connectivity index (χ4v) is 2.02. The summed E-state index contributed by atoms with van der Waals surface area (Å²) >= 11 is 3.35. The molecule has 1 amide bonds. The van der Waals surface area contributed by atoms with Gasteiger partial charge in [0.1, 0.15) is 0 Å². The number of hydrogen-bond donors (Lipinski definition) is 1. The topological polar surface area (TPSA) is 42.0 Å². The van der Waals surface area contributed by atoms with Crippen molar-refractivity contribution in [2.45, 2.75) is 19.4 Å². The van der Waals surface area contributed by atoms with E-state index in [0.717, 1.165) is 10.2 Å². The molecule has 0 radical (unpaired) electrons. The Morgan fingerprint density at radius 3 is 2.42 bits per heavy atom. The zero-order chi connectivity index (χ0) is 13.9. The number of hydrogen-bond acceptors (Lipinski definition) is 2. The molecule has 0 aliphatic heterocycles. The Morgan fingerprint density at radius 1 is 1.16 bits per heavy atom. The van der Waals surface area contributed by atoms with Crippen molar-refractivity contribution in [3.63, 3.8) is 0 Å². The van der Waals surface area contributed by atoms with E-state index in [1.165, 1.54) is 0 Å². The van der Waals surface area contributed by atoms with Crippen LogP contribution in [0.3, 0.4) is 0 Å². The van der Waals surface area contributed by atoms with Crippen molar-refractivity contribution in [2.75, 3.05) is 0 Å². The summed E-state index contributed by atoms with van der Waals surface area (Å²) in [6.45, 7) is 3.87. The monoisotopic (exact) mass is 318 g/mol. The van der Waals surface area contributed by atoms with Crippen LogP contribution >= 0.6 is 15.9 Å². The molecular weight excluding hydrogens is 304 g/mol. The molecule has 1 N–H and O–H groups in total. The minimum absolute atomic E-state index is 0.108. The third-order valence-corrected chi connectivity index (χ3v) is 3.37. The molecule has 0 aliphatic carbocycles. The van der Waals surface area contributed by atoms with Gasteiger partial charge < -0.3 is 5.32 Å². The van der Waals surface area contributed by atoms with Crippen LogP contribution in [-0.4, -0.2) is 10.9 Å². The average Bonchev–Trinajstić information content (AvgIpc) is 2.40. The molecule has 3 nitrogen and oxygen atoms in total. The van der Waals surface area contributed by atoms with Gasteiger partial charge in [0.2, 0.25) is 0 Å². The molecule has 1 aromatic carbocycles. The highest BCUT2D eigenvalue weighted by molar-refractivity contribution is 9.10. The second-order valence-electron chi connectivity index (χ2n) is 4.80. The molecule has 0 atom stereocenters. The van der Waals surface area contributed by atoms with Crippen molar-refractivity contribution in [2.24, 2.45) is 0 Å². The Balaban J connectivity index is 2.16. The van der Waals surface area contributed by atoms with Crippen LogP contribution in [0.25, 0.3) is 0 Å². The number of aromatic nitrogens is 1. The van der Waals surface area contributed by atoms with Crippen molar-refractivity contribution in [3.05, 3.63) is 64.4 Å². The van der Waals surface area contributed by atoms with E-state index in [1.807, 2.05) is 44.2 Å². The average molecular weight is 319 g/mol. The normalized spacial score (nSPS) is 11.1. The molecule has 0 saturated carbocycles.